The van der Waals surface area contributed by atoms with Crippen LogP contribution in [0.3, 0.4) is 0 Å². The quantitative estimate of drug-likeness (QED) is 0.834. The molecule has 0 aromatic heterocycles. The zero-order valence-electron chi connectivity index (χ0n) is 10.4. The summed E-state index contributed by atoms with van der Waals surface area (Å²) in [4.78, 5) is 0. The lowest BCUT2D eigenvalue weighted by Crippen LogP contribution is -2.18. The zero-order chi connectivity index (χ0) is 13.1. The highest BCUT2D eigenvalue weighted by atomic mass is 19.4. The third-order valence-electron chi connectivity index (χ3n) is 2.46. The van der Waals surface area contributed by atoms with Crippen molar-refractivity contribution in [1.82, 2.24) is 0 Å². The summed E-state index contributed by atoms with van der Waals surface area (Å²) in [7, 11) is 0. The molecule has 0 saturated heterocycles. The first-order valence-electron chi connectivity index (χ1n) is 5.60. The average Bonchev–Trinajstić information content (AvgIpc) is 2.15. The summed E-state index contributed by atoms with van der Waals surface area (Å²) in [6, 6.07) is 7.48. The van der Waals surface area contributed by atoms with E-state index in [1.54, 1.807) is 0 Å². The van der Waals surface area contributed by atoms with Crippen molar-refractivity contribution in [2.45, 2.75) is 38.8 Å². The highest BCUT2D eigenvalue weighted by molar-refractivity contribution is 5.54. The summed E-state index contributed by atoms with van der Waals surface area (Å²) in [5.74, 6) is 0. The fourth-order valence-electron chi connectivity index (χ4n) is 1.63. The number of hydrogen-bond acceptors (Lipinski definition) is 1. The number of rotatable bonds is 3. The summed E-state index contributed by atoms with van der Waals surface area (Å²) in [5.41, 5.74) is 1.73. The molecule has 0 atom stereocenters. The lowest BCUT2D eigenvalue weighted by molar-refractivity contribution is -0.131. The first kappa shape index (κ1) is 13.9. The second-order valence-electron chi connectivity index (χ2n) is 5.09. The summed E-state index contributed by atoms with van der Waals surface area (Å²) in [5, 5.41) is 2.86. The topological polar surface area (TPSA) is 12.0 Å². The predicted octanol–water partition coefficient (Wildman–Crippen LogP) is 4.35. The van der Waals surface area contributed by atoms with Crippen LogP contribution in [0.15, 0.2) is 24.3 Å². The number of anilines is 1. The third kappa shape index (κ3) is 4.67. The Kier molecular flexibility index (Phi) is 4.07. The predicted molar refractivity (Wildman–Crippen MR) is 64.3 cm³/mol. The van der Waals surface area contributed by atoms with Gasteiger partial charge in [-0.05, 0) is 17.0 Å². The minimum atomic E-state index is -4.11. The van der Waals surface area contributed by atoms with E-state index in [9.17, 15) is 13.2 Å². The summed E-state index contributed by atoms with van der Waals surface area (Å²) in [6.45, 7) is 6.03. The molecule has 0 fully saturated rings. The fraction of sp³-hybridized carbons (Fsp3) is 0.538. The molecular formula is C13H18F3N. The van der Waals surface area contributed by atoms with Crippen molar-refractivity contribution in [2.24, 2.45) is 0 Å². The number of alkyl halides is 3. The van der Waals surface area contributed by atoms with Gasteiger partial charge in [0, 0.05) is 12.2 Å². The van der Waals surface area contributed by atoms with E-state index in [1.807, 2.05) is 45.0 Å². The molecule has 1 rings (SSSR count). The van der Waals surface area contributed by atoms with E-state index in [0.29, 0.717) is 0 Å². The van der Waals surface area contributed by atoms with Gasteiger partial charge in [0.25, 0.3) is 0 Å². The SMILES string of the molecule is CC(C)(C)c1ccccc1NCCC(F)(F)F. The van der Waals surface area contributed by atoms with Gasteiger partial charge in [0.05, 0.1) is 6.42 Å². The Morgan fingerprint density at radius 2 is 1.65 bits per heavy atom. The molecule has 0 unspecified atom stereocenters. The van der Waals surface area contributed by atoms with Crippen molar-refractivity contribution in [2.75, 3.05) is 11.9 Å². The van der Waals surface area contributed by atoms with Crippen molar-refractivity contribution in [3.05, 3.63) is 29.8 Å². The van der Waals surface area contributed by atoms with Crippen LogP contribution in [0.1, 0.15) is 32.8 Å². The molecule has 0 spiro atoms. The van der Waals surface area contributed by atoms with Crippen LogP contribution in [0.5, 0.6) is 0 Å². The van der Waals surface area contributed by atoms with Gasteiger partial charge in [-0.2, -0.15) is 13.2 Å². The van der Waals surface area contributed by atoms with Gasteiger partial charge < -0.3 is 5.32 Å². The Labute approximate surface area is 100 Å². The number of hydrogen-bond donors (Lipinski definition) is 1. The molecule has 0 amide bonds. The molecule has 96 valence electrons. The molecule has 0 bridgehead atoms. The van der Waals surface area contributed by atoms with Crippen molar-refractivity contribution in [3.63, 3.8) is 0 Å². The minimum Gasteiger partial charge on any atom is -0.384 e. The summed E-state index contributed by atoms with van der Waals surface area (Å²) >= 11 is 0. The molecule has 0 aliphatic heterocycles. The first-order valence-corrected chi connectivity index (χ1v) is 5.60. The van der Waals surface area contributed by atoms with E-state index >= 15 is 0 Å². The van der Waals surface area contributed by atoms with Crippen molar-refractivity contribution in [1.29, 1.82) is 0 Å². The van der Waals surface area contributed by atoms with E-state index in [-0.39, 0.29) is 12.0 Å². The number of halogens is 3. The highest BCUT2D eigenvalue weighted by Crippen LogP contribution is 2.29. The molecule has 1 nitrogen and oxygen atoms in total. The van der Waals surface area contributed by atoms with Crippen molar-refractivity contribution >= 4 is 5.69 Å². The smallest absolute Gasteiger partial charge is 0.384 e. The van der Waals surface area contributed by atoms with Crippen LogP contribution in [-0.4, -0.2) is 12.7 Å². The maximum atomic E-state index is 12.1. The molecule has 1 aromatic rings. The molecule has 0 saturated carbocycles. The molecule has 1 N–H and O–H groups in total. The van der Waals surface area contributed by atoms with Crippen LogP contribution in [0.2, 0.25) is 0 Å². The van der Waals surface area contributed by atoms with Crippen molar-refractivity contribution < 1.29 is 13.2 Å². The molecule has 4 heteroatoms. The minimum absolute atomic E-state index is 0.0815. The Bertz CT molecular complexity index is 364. The van der Waals surface area contributed by atoms with Crippen LogP contribution in [-0.2, 0) is 5.41 Å². The molecular weight excluding hydrogens is 227 g/mol. The van der Waals surface area contributed by atoms with E-state index in [0.717, 1.165) is 11.3 Å². The largest absolute Gasteiger partial charge is 0.390 e. The van der Waals surface area contributed by atoms with Gasteiger partial charge >= 0.3 is 6.18 Å². The van der Waals surface area contributed by atoms with Crippen LogP contribution in [0, 0.1) is 0 Å². The van der Waals surface area contributed by atoms with Gasteiger partial charge in [0.15, 0.2) is 0 Å². The molecule has 0 radical (unpaired) electrons. The molecule has 0 aliphatic carbocycles. The lowest BCUT2D eigenvalue weighted by atomic mass is 9.86. The first-order chi connectivity index (χ1) is 7.70. The maximum Gasteiger partial charge on any atom is 0.390 e. The van der Waals surface area contributed by atoms with E-state index in [1.165, 1.54) is 0 Å². The normalized spacial score (nSPS) is 12.6. The zero-order valence-corrected chi connectivity index (χ0v) is 10.4. The second-order valence-corrected chi connectivity index (χ2v) is 5.09. The van der Waals surface area contributed by atoms with Gasteiger partial charge in [-0.3, -0.25) is 0 Å². The monoisotopic (exact) mass is 245 g/mol. The summed E-state index contributed by atoms with van der Waals surface area (Å²) < 4.78 is 36.2. The molecule has 17 heavy (non-hydrogen) atoms. The van der Waals surface area contributed by atoms with E-state index < -0.39 is 12.6 Å². The molecule has 1 aromatic carbocycles. The van der Waals surface area contributed by atoms with Crippen LogP contribution >= 0.6 is 0 Å². The molecule has 0 heterocycles. The van der Waals surface area contributed by atoms with Gasteiger partial charge in [-0.1, -0.05) is 39.0 Å². The van der Waals surface area contributed by atoms with Crippen LogP contribution in [0.4, 0.5) is 18.9 Å². The Morgan fingerprint density at radius 3 is 2.18 bits per heavy atom. The number of para-hydroxylation sites is 1. The summed E-state index contributed by atoms with van der Waals surface area (Å²) in [6.07, 6.45) is -4.92. The van der Waals surface area contributed by atoms with Crippen LogP contribution in [0.25, 0.3) is 0 Å². The van der Waals surface area contributed by atoms with Gasteiger partial charge in [0.2, 0.25) is 0 Å². The van der Waals surface area contributed by atoms with Gasteiger partial charge in [0.1, 0.15) is 0 Å². The highest BCUT2D eigenvalue weighted by Gasteiger charge is 2.26. The number of benzene rings is 1. The van der Waals surface area contributed by atoms with E-state index in [4.69, 9.17) is 0 Å². The average molecular weight is 245 g/mol. The number of nitrogens with one attached hydrogen (secondary N) is 1. The van der Waals surface area contributed by atoms with Crippen molar-refractivity contribution in [3.8, 4) is 0 Å². The lowest BCUT2D eigenvalue weighted by Gasteiger charge is -2.23. The maximum absolute atomic E-state index is 12.1. The van der Waals surface area contributed by atoms with E-state index in [2.05, 4.69) is 5.32 Å². The Hall–Kier alpha value is -1.19. The second kappa shape index (κ2) is 4.98. The van der Waals surface area contributed by atoms with Gasteiger partial charge in [-0.25, -0.2) is 0 Å². The Morgan fingerprint density at radius 1 is 1.06 bits per heavy atom. The third-order valence-corrected chi connectivity index (χ3v) is 2.46. The standard InChI is InChI=1S/C13H18F3N/c1-12(2,3)10-6-4-5-7-11(10)17-9-8-13(14,15)16/h4-7,17H,8-9H2,1-3H3. The fourth-order valence-corrected chi connectivity index (χ4v) is 1.63. The Balaban J connectivity index is 2.72. The molecule has 0 aliphatic rings. The van der Waals surface area contributed by atoms with Gasteiger partial charge in [-0.15, -0.1) is 0 Å². The van der Waals surface area contributed by atoms with Crippen LogP contribution < -0.4 is 5.32 Å².